The van der Waals surface area contributed by atoms with Crippen molar-refractivity contribution in [3.05, 3.63) is 72.2 Å². The van der Waals surface area contributed by atoms with Gasteiger partial charge in [0.2, 0.25) is 0 Å². The fraction of sp³-hybridized carbons (Fsp3) is 0.200. The van der Waals surface area contributed by atoms with Crippen molar-refractivity contribution in [2.75, 3.05) is 0 Å². The van der Waals surface area contributed by atoms with Crippen LogP contribution in [0.1, 0.15) is 24.5 Å². The molecule has 0 atom stereocenters. The van der Waals surface area contributed by atoms with E-state index in [0.29, 0.717) is 0 Å². The van der Waals surface area contributed by atoms with Gasteiger partial charge < -0.3 is 9.55 Å². The molecule has 4 heteroatoms. The van der Waals surface area contributed by atoms with Crippen LogP contribution < -0.4 is 0 Å². The van der Waals surface area contributed by atoms with E-state index in [1.165, 1.54) is 17.5 Å². The molecule has 0 aliphatic carbocycles. The van der Waals surface area contributed by atoms with Gasteiger partial charge in [-0.15, -0.1) is 0 Å². The molecule has 0 saturated carbocycles. The van der Waals surface area contributed by atoms with Crippen molar-refractivity contribution < 1.29 is 0 Å². The number of hydrogen-bond donors (Lipinski definition) is 1. The molecule has 4 nitrogen and oxygen atoms in total. The second-order valence-electron chi connectivity index (χ2n) is 6.06. The first-order valence-electron chi connectivity index (χ1n) is 8.37. The maximum absolute atomic E-state index is 4.64. The number of rotatable bonds is 5. The first kappa shape index (κ1) is 14.7. The van der Waals surface area contributed by atoms with Crippen molar-refractivity contribution >= 4 is 11.2 Å². The lowest BCUT2D eigenvalue weighted by Gasteiger charge is -2.04. The molecule has 0 aliphatic rings. The summed E-state index contributed by atoms with van der Waals surface area (Å²) in [7, 11) is 0. The zero-order valence-electron chi connectivity index (χ0n) is 13.7. The Morgan fingerprint density at radius 3 is 2.79 bits per heavy atom. The molecule has 1 N–H and O–H groups in total. The number of aromatic amines is 1. The number of imidazole rings is 1. The molecule has 0 fully saturated rings. The second-order valence-corrected chi connectivity index (χ2v) is 6.06. The maximum atomic E-state index is 4.64. The molecule has 0 aliphatic heterocycles. The first-order valence-corrected chi connectivity index (χ1v) is 8.37. The fourth-order valence-corrected chi connectivity index (χ4v) is 3.05. The monoisotopic (exact) mass is 316 g/mol. The summed E-state index contributed by atoms with van der Waals surface area (Å²) in [6, 6.07) is 14.4. The van der Waals surface area contributed by atoms with E-state index in [0.717, 1.165) is 35.5 Å². The minimum atomic E-state index is 0.771. The normalized spacial score (nSPS) is 11.2. The highest BCUT2D eigenvalue weighted by atomic mass is 15.0. The van der Waals surface area contributed by atoms with E-state index in [4.69, 9.17) is 0 Å². The molecule has 4 aromatic rings. The maximum Gasteiger partial charge on any atom is 0.178 e. The minimum Gasteiger partial charge on any atom is -0.350 e. The Bertz CT molecular complexity index is 950. The Morgan fingerprint density at radius 2 is 1.96 bits per heavy atom. The summed E-state index contributed by atoms with van der Waals surface area (Å²) in [5, 5.41) is 0. The summed E-state index contributed by atoms with van der Waals surface area (Å²) in [5.41, 5.74) is 5.45. The van der Waals surface area contributed by atoms with Crippen LogP contribution in [0.5, 0.6) is 0 Å². The van der Waals surface area contributed by atoms with Crippen LogP contribution in [0.4, 0.5) is 0 Å². The highest BCUT2D eigenvalue weighted by Gasteiger charge is 2.10. The van der Waals surface area contributed by atoms with Crippen LogP contribution in [0.2, 0.25) is 0 Å². The summed E-state index contributed by atoms with van der Waals surface area (Å²) in [4.78, 5) is 12.5. The molecule has 0 radical (unpaired) electrons. The Morgan fingerprint density at radius 1 is 1.08 bits per heavy atom. The molecule has 24 heavy (non-hydrogen) atoms. The van der Waals surface area contributed by atoms with Crippen molar-refractivity contribution in [3.8, 4) is 11.4 Å². The van der Waals surface area contributed by atoms with E-state index in [2.05, 4.69) is 63.1 Å². The molecule has 3 aromatic heterocycles. The molecular weight excluding hydrogens is 296 g/mol. The van der Waals surface area contributed by atoms with Gasteiger partial charge in [0.25, 0.3) is 0 Å². The van der Waals surface area contributed by atoms with Gasteiger partial charge in [-0.1, -0.05) is 43.7 Å². The van der Waals surface area contributed by atoms with E-state index < -0.39 is 0 Å². The SMILES string of the molecule is CCCc1ccn(Cc2ccnc3nc(-c4ccccc4)[nH]c23)c1. The third kappa shape index (κ3) is 2.83. The second kappa shape index (κ2) is 6.32. The first-order chi connectivity index (χ1) is 11.8. The molecule has 0 unspecified atom stereocenters. The molecule has 3 heterocycles. The lowest BCUT2D eigenvalue weighted by molar-refractivity contribution is 0.801. The van der Waals surface area contributed by atoms with Gasteiger partial charge in [-0.25, -0.2) is 9.97 Å². The van der Waals surface area contributed by atoms with Crippen LogP contribution in [0, 0.1) is 0 Å². The van der Waals surface area contributed by atoms with Crippen molar-refractivity contribution in [2.45, 2.75) is 26.3 Å². The summed E-state index contributed by atoms with van der Waals surface area (Å²) < 4.78 is 2.22. The van der Waals surface area contributed by atoms with Crippen molar-refractivity contribution in [2.24, 2.45) is 0 Å². The Balaban J connectivity index is 1.69. The molecular formula is C20H20N4. The number of benzene rings is 1. The number of hydrogen-bond acceptors (Lipinski definition) is 2. The van der Waals surface area contributed by atoms with Crippen molar-refractivity contribution in [1.29, 1.82) is 0 Å². The summed E-state index contributed by atoms with van der Waals surface area (Å²) in [6.07, 6.45) is 8.51. The molecule has 120 valence electrons. The predicted molar refractivity (Wildman–Crippen MR) is 96.9 cm³/mol. The third-order valence-electron chi connectivity index (χ3n) is 4.23. The number of nitrogens with zero attached hydrogens (tertiary/aromatic N) is 3. The van der Waals surface area contributed by atoms with Crippen LogP contribution in [0.15, 0.2) is 61.1 Å². The highest BCUT2D eigenvalue weighted by Crippen LogP contribution is 2.22. The number of aryl methyl sites for hydroxylation is 1. The molecule has 0 spiro atoms. The van der Waals surface area contributed by atoms with E-state index >= 15 is 0 Å². The largest absolute Gasteiger partial charge is 0.350 e. The highest BCUT2D eigenvalue weighted by molar-refractivity contribution is 5.78. The lowest BCUT2D eigenvalue weighted by atomic mass is 10.2. The standard InChI is InChI=1S/C20H20N4/c1-2-6-15-10-12-24(13-15)14-17-9-11-21-20-18(17)22-19(23-20)16-7-4-3-5-8-16/h3-5,7-13H,2,6,14H2,1H3,(H,21,22,23). The topological polar surface area (TPSA) is 46.5 Å². The van der Waals surface area contributed by atoms with Gasteiger partial charge in [0.1, 0.15) is 5.82 Å². The quantitative estimate of drug-likeness (QED) is 0.592. The molecule has 0 bridgehead atoms. The van der Waals surface area contributed by atoms with Gasteiger partial charge in [-0.2, -0.15) is 0 Å². The smallest absolute Gasteiger partial charge is 0.178 e. The van der Waals surface area contributed by atoms with Crippen molar-refractivity contribution in [3.63, 3.8) is 0 Å². The Kier molecular flexibility index (Phi) is 3.87. The summed E-state index contributed by atoms with van der Waals surface area (Å²) >= 11 is 0. The Labute approximate surface area is 141 Å². The van der Waals surface area contributed by atoms with E-state index in [1.807, 2.05) is 24.4 Å². The van der Waals surface area contributed by atoms with Crippen molar-refractivity contribution in [1.82, 2.24) is 19.5 Å². The lowest BCUT2D eigenvalue weighted by Crippen LogP contribution is -1.98. The average molecular weight is 316 g/mol. The van der Waals surface area contributed by atoms with Gasteiger partial charge >= 0.3 is 0 Å². The molecule has 1 aromatic carbocycles. The van der Waals surface area contributed by atoms with Crippen LogP contribution in [-0.2, 0) is 13.0 Å². The molecule has 0 saturated heterocycles. The van der Waals surface area contributed by atoms with Gasteiger partial charge in [0, 0.05) is 36.3 Å². The Hall–Kier alpha value is -2.88. The number of fused-ring (bicyclic) bond motifs is 1. The number of aromatic nitrogens is 4. The van der Waals surface area contributed by atoms with E-state index in [1.54, 1.807) is 0 Å². The zero-order chi connectivity index (χ0) is 16.4. The average Bonchev–Trinajstić information content (AvgIpc) is 3.23. The summed E-state index contributed by atoms with van der Waals surface area (Å²) in [6.45, 7) is 3.03. The minimum absolute atomic E-state index is 0.771. The predicted octanol–water partition coefficient (Wildman–Crippen LogP) is 4.43. The van der Waals surface area contributed by atoms with Gasteiger partial charge in [0.15, 0.2) is 5.65 Å². The van der Waals surface area contributed by atoms with Gasteiger partial charge in [-0.05, 0) is 24.1 Å². The summed E-state index contributed by atoms with van der Waals surface area (Å²) in [5.74, 6) is 0.865. The van der Waals surface area contributed by atoms with Crippen LogP contribution >= 0.6 is 0 Å². The van der Waals surface area contributed by atoms with Gasteiger partial charge in [0.05, 0.1) is 5.52 Å². The third-order valence-corrected chi connectivity index (χ3v) is 4.23. The van der Waals surface area contributed by atoms with Crippen LogP contribution in [0.3, 0.4) is 0 Å². The fourth-order valence-electron chi connectivity index (χ4n) is 3.05. The van der Waals surface area contributed by atoms with E-state index in [-0.39, 0.29) is 0 Å². The van der Waals surface area contributed by atoms with Crippen LogP contribution in [0.25, 0.3) is 22.6 Å². The number of nitrogens with one attached hydrogen (secondary N) is 1. The molecule has 0 amide bonds. The van der Waals surface area contributed by atoms with Crippen LogP contribution in [-0.4, -0.2) is 19.5 Å². The van der Waals surface area contributed by atoms with Gasteiger partial charge in [-0.3, -0.25) is 0 Å². The molecule has 4 rings (SSSR count). The van der Waals surface area contributed by atoms with E-state index in [9.17, 15) is 0 Å². The number of H-pyrrole nitrogens is 1. The zero-order valence-corrected chi connectivity index (χ0v) is 13.7. The number of pyridine rings is 1.